The third kappa shape index (κ3) is 3.66. The maximum absolute atomic E-state index is 12.7. The first-order chi connectivity index (χ1) is 14.4. The Balaban J connectivity index is 1.83. The standard InChI is InChI=1S/C24H28N4O2/c1-14-5-7-19(13-30-4)24(26-14)27-22-15(2)23(18-8-9-18)28(16(3)29)21-10-6-17(12-25)11-20(21)22/h5-7,10-11,15,18,22-23H,8-9,13H2,1-4H3,(H,26,27)/t15?,22-,23-/m1/s1. The van der Waals surface area contributed by atoms with E-state index in [1.54, 1.807) is 20.1 Å². The van der Waals surface area contributed by atoms with Crippen LogP contribution in [0.15, 0.2) is 30.3 Å². The minimum Gasteiger partial charge on any atom is -0.380 e. The first kappa shape index (κ1) is 20.4. The molecule has 2 aromatic rings. The summed E-state index contributed by atoms with van der Waals surface area (Å²) >= 11 is 0. The summed E-state index contributed by atoms with van der Waals surface area (Å²) in [5.74, 6) is 1.53. The molecule has 30 heavy (non-hydrogen) atoms. The number of amides is 1. The van der Waals surface area contributed by atoms with Gasteiger partial charge in [-0.25, -0.2) is 4.98 Å². The predicted molar refractivity (Wildman–Crippen MR) is 116 cm³/mol. The Labute approximate surface area is 177 Å². The number of pyridine rings is 1. The molecule has 2 aliphatic rings. The Morgan fingerprint density at radius 3 is 2.73 bits per heavy atom. The number of anilines is 2. The quantitative estimate of drug-likeness (QED) is 0.802. The molecule has 0 saturated heterocycles. The predicted octanol–water partition coefficient (Wildman–Crippen LogP) is 4.34. The van der Waals surface area contributed by atoms with Crippen molar-refractivity contribution in [1.82, 2.24) is 4.98 Å². The number of hydrogen-bond acceptors (Lipinski definition) is 5. The summed E-state index contributed by atoms with van der Waals surface area (Å²) in [5, 5.41) is 13.1. The molecule has 1 aliphatic heterocycles. The highest BCUT2D eigenvalue weighted by atomic mass is 16.5. The van der Waals surface area contributed by atoms with Crippen LogP contribution in [0.25, 0.3) is 0 Å². The van der Waals surface area contributed by atoms with Crippen LogP contribution in [-0.2, 0) is 16.1 Å². The number of hydrogen-bond donors (Lipinski definition) is 1. The van der Waals surface area contributed by atoms with Crippen LogP contribution in [0.1, 0.15) is 55.1 Å². The number of aryl methyl sites for hydroxylation is 1. The van der Waals surface area contributed by atoms with E-state index in [0.29, 0.717) is 18.1 Å². The number of nitrogens with one attached hydrogen (secondary N) is 1. The lowest BCUT2D eigenvalue weighted by atomic mass is 9.79. The zero-order chi connectivity index (χ0) is 21.4. The van der Waals surface area contributed by atoms with E-state index in [1.807, 2.05) is 36.1 Å². The number of nitriles is 1. The number of carbonyl (C=O) groups is 1. The number of aromatic nitrogens is 1. The number of rotatable bonds is 5. The lowest BCUT2D eigenvalue weighted by Crippen LogP contribution is -2.51. The van der Waals surface area contributed by atoms with Gasteiger partial charge >= 0.3 is 0 Å². The molecule has 0 spiro atoms. The van der Waals surface area contributed by atoms with Gasteiger partial charge in [-0.05, 0) is 55.5 Å². The first-order valence-electron chi connectivity index (χ1n) is 10.5. The van der Waals surface area contributed by atoms with E-state index in [9.17, 15) is 10.1 Å². The van der Waals surface area contributed by atoms with E-state index in [-0.39, 0.29) is 23.9 Å². The topological polar surface area (TPSA) is 78.2 Å². The van der Waals surface area contributed by atoms with Gasteiger partial charge in [0.2, 0.25) is 5.91 Å². The summed E-state index contributed by atoms with van der Waals surface area (Å²) in [6, 6.07) is 12.0. The fraction of sp³-hybridized carbons (Fsp3) is 0.458. The molecular formula is C24H28N4O2. The molecule has 4 rings (SSSR count). The SMILES string of the molecule is COCc1ccc(C)nc1N[C@H]1c2cc(C#N)ccc2N(C(C)=O)[C@@H](C2CC2)C1C. The van der Waals surface area contributed by atoms with E-state index in [0.717, 1.165) is 41.2 Å². The van der Waals surface area contributed by atoms with Crippen molar-refractivity contribution in [3.05, 3.63) is 52.7 Å². The van der Waals surface area contributed by atoms with E-state index in [1.165, 1.54) is 0 Å². The average molecular weight is 405 g/mol. The summed E-state index contributed by atoms with van der Waals surface area (Å²) < 4.78 is 5.37. The molecule has 156 valence electrons. The van der Waals surface area contributed by atoms with Gasteiger partial charge in [-0.15, -0.1) is 0 Å². The van der Waals surface area contributed by atoms with E-state index < -0.39 is 0 Å². The Morgan fingerprint density at radius 2 is 2.10 bits per heavy atom. The number of fused-ring (bicyclic) bond motifs is 1. The molecule has 1 fully saturated rings. The van der Waals surface area contributed by atoms with Crippen molar-refractivity contribution in [3.8, 4) is 6.07 Å². The second kappa shape index (κ2) is 8.08. The number of carbonyl (C=O) groups excluding carboxylic acids is 1. The molecule has 0 bridgehead atoms. The number of ether oxygens (including phenoxy) is 1. The lowest BCUT2D eigenvalue weighted by Gasteiger charge is -2.46. The second-order valence-electron chi connectivity index (χ2n) is 8.48. The molecule has 1 unspecified atom stereocenters. The summed E-state index contributed by atoms with van der Waals surface area (Å²) in [6.45, 7) is 6.27. The molecule has 3 atom stereocenters. The molecule has 1 aromatic carbocycles. The van der Waals surface area contributed by atoms with Gasteiger partial charge in [0.1, 0.15) is 5.82 Å². The molecule has 1 saturated carbocycles. The van der Waals surface area contributed by atoms with Crippen LogP contribution < -0.4 is 10.2 Å². The van der Waals surface area contributed by atoms with E-state index >= 15 is 0 Å². The van der Waals surface area contributed by atoms with Crippen LogP contribution in [0.5, 0.6) is 0 Å². The second-order valence-corrected chi connectivity index (χ2v) is 8.48. The highest BCUT2D eigenvalue weighted by molar-refractivity contribution is 5.94. The number of nitrogens with zero attached hydrogens (tertiary/aromatic N) is 3. The van der Waals surface area contributed by atoms with Crippen LogP contribution in [0.4, 0.5) is 11.5 Å². The van der Waals surface area contributed by atoms with Gasteiger partial charge in [0.25, 0.3) is 0 Å². The van der Waals surface area contributed by atoms with Crippen molar-refractivity contribution in [2.24, 2.45) is 11.8 Å². The third-order valence-electron chi connectivity index (χ3n) is 6.27. The molecule has 1 aliphatic carbocycles. The van der Waals surface area contributed by atoms with Gasteiger partial charge in [-0.1, -0.05) is 13.0 Å². The Bertz CT molecular complexity index is 1010. The van der Waals surface area contributed by atoms with Crippen LogP contribution in [-0.4, -0.2) is 24.0 Å². The molecule has 0 radical (unpaired) electrons. The van der Waals surface area contributed by atoms with Crippen LogP contribution in [0.2, 0.25) is 0 Å². The highest BCUT2D eigenvalue weighted by Gasteiger charge is 2.47. The van der Waals surface area contributed by atoms with Crippen molar-refractivity contribution in [3.63, 3.8) is 0 Å². The first-order valence-corrected chi connectivity index (χ1v) is 10.5. The van der Waals surface area contributed by atoms with Gasteiger partial charge in [0.05, 0.1) is 24.3 Å². The highest BCUT2D eigenvalue weighted by Crippen LogP contribution is 2.50. The molecule has 1 amide bonds. The zero-order valence-electron chi connectivity index (χ0n) is 18.0. The normalized spacial score (nSPS) is 22.9. The van der Waals surface area contributed by atoms with E-state index in [4.69, 9.17) is 9.72 Å². The molecular weight excluding hydrogens is 376 g/mol. The monoisotopic (exact) mass is 404 g/mol. The lowest BCUT2D eigenvalue weighted by molar-refractivity contribution is -0.117. The van der Waals surface area contributed by atoms with Gasteiger partial charge < -0.3 is 15.0 Å². The summed E-state index contributed by atoms with van der Waals surface area (Å²) in [5.41, 5.74) is 4.38. The maximum atomic E-state index is 12.7. The molecule has 1 aromatic heterocycles. The largest absolute Gasteiger partial charge is 0.380 e. The minimum atomic E-state index is -0.0561. The average Bonchev–Trinajstić information content (AvgIpc) is 3.56. The fourth-order valence-electron chi connectivity index (χ4n) is 4.77. The molecule has 6 heteroatoms. The van der Waals surface area contributed by atoms with Gasteiger partial charge in [0, 0.05) is 42.9 Å². The van der Waals surface area contributed by atoms with Gasteiger partial charge in [-0.3, -0.25) is 4.79 Å². The maximum Gasteiger partial charge on any atom is 0.224 e. The molecule has 2 heterocycles. The Morgan fingerprint density at radius 1 is 1.33 bits per heavy atom. The minimum absolute atomic E-state index is 0.0527. The van der Waals surface area contributed by atoms with Crippen molar-refractivity contribution in [2.75, 3.05) is 17.3 Å². The van der Waals surface area contributed by atoms with E-state index in [2.05, 4.69) is 18.3 Å². The zero-order valence-corrected chi connectivity index (χ0v) is 18.0. The fourth-order valence-corrected chi connectivity index (χ4v) is 4.77. The van der Waals surface area contributed by atoms with Gasteiger partial charge in [-0.2, -0.15) is 5.26 Å². The number of methoxy groups -OCH3 is 1. The van der Waals surface area contributed by atoms with Crippen molar-refractivity contribution >= 4 is 17.4 Å². The Kier molecular flexibility index (Phi) is 5.48. The molecule has 1 N–H and O–H groups in total. The number of benzene rings is 1. The Hall–Kier alpha value is -2.91. The van der Waals surface area contributed by atoms with Crippen molar-refractivity contribution in [1.29, 1.82) is 5.26 Å². The summed E-state index contributed by atoms with van der Waals surface area (Å²) in [4.78, 5) is 19.4. The summed E-state index contributed by atoms with van der Waals surface area (Å²) in [6.07, 6.45) is 2.30. The van der Waals surface area contributed by atoms with Crippen LogP contribution >= 0.6 is 0 Å². The van der Waals surface area contributed by atoms with Crippen molar-refractivity contribution in [2.45, 2.75) is 52.3 Å². The van der Waals surface area contributed by atoms with Gasteiger partial charge in [0.15, 0.2) is 0 Å². The van der Waals surface area contributed by atoms with Crippen molar-refractivity contribution < 1.29 is 9.53 Å². The smallest absolute Gasteiger partial charge is 0.224 e. The van der Waals surface area contributed by atoms with Crippen LogP contribution in [0, 0.1) is 30.1 Å². The summed E-state index contributed by atoms with van der Waals surface area (Å²) in [7, 11) is 1.68. The van der Waals surface area contributed by atoms with Crippen LogP contribution in [0.3, 0.4) is 0 Å². The third-order valence-corrected chi connectivity index (χ3v) is 6.27. The molecule has 6 nitrogen and oxygen atoms in total.